The normalized spacial score (nSPS) is 10.2. The van der Waals surface area contributed by atoms with Gasteiger partial charge in [-0.2, -0.15) is 5.26 Å². The van der Waals surface area contributed by atoms with Crippen molar-refractivity contribution >= 4 is 0 Å². The van der Waals surface area contributed by atoms with Gasteiger partial charge in [-0.3, -0.25) is 4.79 Å². The quantitative estimate of drug-likeness (QED) is 0.681. The summed E-state index contributed by atoms with van der Waals surface area (Å²) < 4.78 is 18.9. The van der Waals surface area contributed by atoms with Crippen molar-refractivity contribution in [2.75, 3.05) is 6.61 Å². The molecule has 0 aliphatic rings. The van der Waals surface area contributed by atoms with Gasteiger partial charge >= 0.3 is 0 Å². The summed E-state index contributed by atoms with van der Waals surface area (Å²) in [6.45, 7) is 5.77. The van der Waals surface area contributed by atoms with Crippen molar-refractivity contribution in [1.82, 2.24) is 4.98 Å². The molecule has 0 amide bonds. The van der Waals surface area contributed by atoms with Crippen molar-refractivity contribution in [2.24, 2.45) is 0 Å². The largest absolute Gasteiger partial charge is 0.373 e. The minimum atomic E-state index is -0.459. The molecule has 0 aliphatic carbocycles. The number of aromatic amines is 1. The number of aromatic nitrogens is 1. The van der Waals surface area contributed by atoms with Crippen LogP contribution in [0.4, 0.5) is 4.39 Å². The first kappa shape index (κ1) is 15.7. The Morgan fingerprint density at radius 3 is 2.86 bits per heavy atom. The molecule has 1 aromatic heterocycles. The molecule has 0 atom stereocenters. The van der Waals surface area contributed by atoms with Gasteiger partial charge in [-0.15, -0.1) is 6.58 Å². The lowest BCUT2D eigenvalue weighted by Crippen LogP contribution is -2.13. The second-order valence-corrected chi connectivity index (χ2v) is 4.79. The molecule has 0 radical (unpaired) electrons. The van der Waals surface area contributed by atoms with Crippen molar-refractivity contribution in [1.29, 1.82) is 5.26 Å². The lowest BCUT2D eigenvalue weighted by molar-refractivity contribution is 0.149. The molecule has 22 heavy (non-hydrogen) atoms. The minimum Gasteiger partial charge on any atom is -0.373 e. The summed E-state index contributed by atoms with van der Waals surface area (Å²) in [4.78, 5) is 14.5. The molecular weight excluding hydrogens is 283 g/mol. The first-order valence-electron chi connectivity index (χ1n) is 6.68. The Labute approximate surface area is 127 Å². The molecule has 1 N–H and O–H groups in total. The predicted octanol–water partition coefficient (Wildman–Crippen LogP) is 3.06. The van der Waals surface area contributed by atoms with Crippen molar-refractivity contribution < 1.29 is 9.13 Å². The van der Waals surface area contributed by atoms with Crippen LogP contribution in [0.25, 0.3) is 11.1 Å². The Kier molecular flexibility index (Phi) is 4.87. The number of ether oxygens (including phenoxy) is 1. The molecule has 112 valence electrons. The van der Waals surface area contributed by atoms with E-state index in [1.807, 2.05) is 6.07 Å². The van der Waals surface area contributed by atoms with Crippen LogP contribution in [-0.2, 0) is 11.3 Å². The summed E-state index contributed by atoms with van der Waals surface area (Å²) in [5.41, 5.74) is 1.82. The van der Waals surface area contributed by atoms with Crippen LogP contribution in [0, 0.1) is 24.1 Å². The van der Waals surface area contributed by atoms with E-state index in [1.54, 1.807) is 25.1 Å². The number of nitrogens with zero attached hydrogens (tertiary/aromatic N) is 1. The van der Waals surface area contributed by atoms with Crippen molar-refractivity contribution in [3.8, 4) is 17.2 Å². The lowest BCUT2D eigenvalue weighted by atomic mass is 9.96. The molecular formula is C17H15FN2O2. The maximum atomic E-state index is 13.5. The average Bonchev–Trinajstić information content (AvgIpc) is 2.47. The number of halogens is 1. The van der Waals surface area contributed by atoms with Crippen LogP contribution in [0.5, 0.6) is 0 Å². The van der Waals surface area contributed by atoms with Crippen molar-refractivity contribution in [3.63, 3.8) is 0 Å². The summed E-state index contributed by atoms with van der Waals surface area (Å²) in [6, 6.07) is 7.79. The number of nitrogens with one attached hydrogen (secondary N) is 1. The number of benzene rings is 1. The molecule has 0 saturated carbocycles. The first-order chi connectivity index (χ1) is 10.6. The van der Waals surface area contributed by atoms with Gasteiger partial charge in [-0.25, -0.2) is 4.39 Å². The third kappa shape index (κ3) is 3.30. The Morgan fingerprint density at radius 2 is 2.18 bits per heavy atom. The van der Waals surface area contributed by atoms with E-state index < -0.39 is 11.4 Å². The lowest BCUT2D eigenvalue weighted by Gasteiger charge is -2.12. The van der Waals surface area contributed by atoms with Gasteiger partial charge in [0.2, 0.25) is 0 Å². The Balaban J connectivity index is 2.60. The summed E-state index contributed by atoms with van der Waals surface area (Å²) in [5.74, 6) is -0.402. The van der Waals surface area contributed by atoms with Crippen LogP contribution in [0.1, 0.15) is 16.8 Å². The zero-order valence-corrected chi connectivity index (χ0v) is 12.1. The summed E-state index contributed by atoms with van der Waals surface area (Å²) in [5, 5.41) is 9.22. The second kappa shape index (κ2) is 6.83. The standard InChI is InChI=1S/C17H15FN2O2/c1-3-6-22-10-12-8-13(18)4-5-14(12)15-7-11(2)20-17(21)16(15)9-19/h3-5,7-8H,1,6,10H2,2H3,(H,20,21). The molecule has 4 nitrogen and oxygen atoms in total. The van der Waals surface area contributed by atoms with Crippen molar-refractivity contribution in [3.05, 3.63) is 69.9 Å². The van der Waals surface area contributed by atoms with Gasteiger partial charge in [0.15, 0.2) is 0 Å². The van der Waals surface area contributed by atoms with Crippen LogP contribution in [0.3, 0.4) is 0 Å². The SMILES string of the molecule is C=CCOCc1cc(F)ccc1-c1cc(C)[nH]c(=O)c1C#N. The smallest absolute Gasteiger partial charge is 0.266 e. The van der Waals surface area contributed by atoms with E-state index in [1.165, 1.54) is 12.1 Å². The van der Waals surface area contributed by atoms with Gasteiger partial charge in [0.1, 0.15) is 17.4 Å². The van der Waals surface area contributed by atoms with E-state index in [2.05, 4.69) is 11.6 Å². The van der Waals surface area contributed by atoms with Crippen LogP contribution in [0.15, 0.2) is 41.7 Å². The molecule has 0 fully saturated rings. The Morgan fingerprint density at radius 1 is 1.41 bits per heavy atom. The third-order valence-electron chi connectivity index (χ3n) is 3.13. The zero-order chi connectivity index (χ0) is 16.1. The van der Waals surface area contributed by atoms with Crippen LogP contribution in [0.2, 0.25) is 0 Å². The summed E-state index contributed by atoms with van der Waals surface area (Å²) in [6.07, 6.45) is 1.59. The third-order valence-corrected chi connectivity index (χ3v) is 3.13. The number of rotatable bonds is 5. The highest BCUT2D eigenvalue weighted by Gasteiger charge is 2.14. The number of aryl methyl sites for hydroxylation is 1. The van der Waals surface area contributed by atoms with Crippen molar-refractivity contribution in [2.45, 2.75) is 13.5 Å². The number of H-pyrrole nitrogens is 1. The summed E-state index contributed by atoms with van der Waals surface area (Å²) >= 11 is 0. The van der Waals surface area contributed by atoms with E-state index >= 15 is 0 Å². The second-order valence-electron chi connectivity index (χ2n) is 4.79. The highest BCUT2D eigenvalue weighted by atomic mass is 19.1. The first-order valence-corrected chi connectivity index (χ1v) is 6.68. The predicted molar refractivity (Wildman–Crippen MR) is 81.8 cm³/mol. The summed E-state index contributed by atoms with van der Waals surface area (Å²) in [7, 11) is 0. The fraction of sp³-hybridized carbons (Fsp3) is 0.176. The molecule has 5 heteroatoms. The van der Waals surface area contributed by atoms with Crippen LogP contribution >= 0.6 is 0 Å². The number of hydrogen-bond acceptors (Lipinski definition) is 3. The van der Waals surface area contributed by atoms with Gasteiger partial charge < -0.3 is 9.72 Å². The highest BCUT2D eigenvalue weighted by molar-refractivity contribution is 5.73. The topological polar surface area (TPSA) is 65.9 Å². The Hall–Kier alpha value is -2.71. The molecule has 0 spiro atoms. The molecule has 2 rings (SSSR count). The zero-order valence-electron chi connectivity index (χ0n) is 12.1. The molecule has 0 aliphatic heterocycles. The number of pyridine rings is 1. The van der Waals surface area contributed by atoms with E-state index in [4.69, 9.17) is 4.74 Å². The molecule has 0 saturated heterocycles. The molecule has 1 aromatic carbocycles. The van der Waals surface area contributed by atoms with Gasteiger partial charge in [0.05, 0.1) is 13.2 Å². The highest BCUT2D eigenvalue weighted by Crippen LogP contribution is 2.27. The van der Waals surface area contributed by atoms with Gasteiger partial charge in [-0.1, -0.05) is 12.1 Å². The van der Waals surface area contributed by atoms with E-state index in [9.17, 15) is 14.4 Å². The van der Waals surface area contributed by atoms with E-state index in [0.717, 1.165) is 0 Å². The van der Waals surface area contributed by atoms with Crippen LogP contribution < -0.4 is 5.56 Å². The molecule has 0 unspecified atom stereocenters. The molecule has 2 aromatic rings. The monoisotopic (exact) mass is 298 g/mol. The maximum Gasteiger partial charge on any atom is 0.266 e. The van der Waals surface area contributed by atoms with Gasteiger partial charge in [0.25, 0.3) is 5.56 Å². The molecule has 0 bridgehead atoms. The van der Waals surface area contributed by atoms with E-state index in [0.29, 0.717) is 29.0 Å². The number of hydrogen-bond donors (Lipinski definition) is 1. The average molecular weight is 298 g/mol. The minimum absolute atomic E-state index is 0.00202. The van der Waals surface area contributed by atoms with Gasteiger partial charge in [0, 0.05) is 11.3 Å². The van der Waals surface area contributed by atoms with Crippen LogP contribution in [-0.4, -0.2) is 11.6 Å². The Bertz CT molecular complexity index is 803. The van der Waals surface area contributed by atoms with Gasteiger partial charge in [-0.05, 0) is 36.2 Å². The number of nitriles is 1. The maximum absolute atomic E-state index is 13.5. The fourth-order valence-electron chi connectivity index (χ4n) is 2.21. The molecule has 1 heterocycles. The fourth-order valence-corrected chi connectivity index (χ4v) is 2.21. The van der Waals surface area contributed by atoms with E-state index in [-0.39, 0.29) is 12.2 Å².